The van der Waals surface area contributed by atoms with Crippen molar-refractivity contribution in [1.29, 1.82) is 0 Å². The zero-order valence-electron chi connectivity index (χ0n) is 15.5. The first-order chi connectivity index (χ1) is 12.7. The quantitative estimate of drug-likeness (QED) is 0.806. The van der Waals surface area contributed by atoms with Crippen LogP contribution >= 0.6 is 0 Å². The topological polar surface area (TPSA) is 44.4 Å². The normalized spacial score (nSPS) is 20.1. The Morgan fingerprint density at radius 3 is 2.15 bits per heavy atom. The van der Waals surface area contributed by atoms with Crippen molar-refractivity contribution in [3.63, 3.8) is 0 Å². The third kappa shape index (κ3) is 5.68. The van der Waals surface area contributed by atoms with Gasteiger partial charge in [0, 0.05) is 19.1 Å². The van der Waals surface area contributed by atoms with Crippen LogP contribution in [0, 0.1) is 5.92 Å². The van der Waals surface area contributed by atoms with Gasteiger partial charge in [-0.15, -0.1) is 0 Å². The van der Waals surface area contributed by atoms with E-state index >= 15 is 0 Å². The van der Waals surface area contributed by atoms with Gasteiger partial charge in [0.2, 0.25) is 5.91 Å². The highest BCUT2D eigenvalue weighted by Gasteiger charge is 2.23. The number of hydrogen-bond donors (Lipinski definition) is 2. The molecule has 4 heteroatoms. The zero-order chi connectivity index (χ0) is 18.2. The molecule has 2 N–H and O–H groups in total. The van der Waals surface area contributed by atoms with E-state index in [0.29, 0.717) is 12.5 Å². The minimum Gasteiger partial charge on any atom is -0.352 e. The second-order valence-corrected chi connectivity index (χ2v) is 7.26. The highest BCUT2D eigenvalue weighted by Crippen LogP contribution is 2.12. The SMILES string of the molecule is CC1CNCCC1NC(=O)CN(Cc1ccccc1)Cc1ccccc1. The number of rotatable bonds is 7. The molecule has 0 radical (unpaired) electrons. The molecule has 2 unspecified atom stereocenters. The summed E-state index contributed by atoms with van der Waals surface area (Å²) in [5, 5.41) is 6.63. The molecule has 2 aromatic rings. The van der Waals surface area contributed by atoms with Crippen LogP contribution in [-0.4, -0.2) is 36.5 Å². The molecule has 0 aromatic heterocycles. The van der Waals surface area contributed by atoms with E-state index in [0.717, 1.165) is 32.6 Å². The summed E-state index contributed by atoms with van der Waals surface area (Å²) in [5.41, 5.74) is 2.46. The van der Waals surface area contributed by atoms with E-state index in [2.05, 4.69) is 46.7 Å². The third-order valence-corrected chi connectivity index (χ3v) is 5.00. The van der Waals surface area contributed by atoms with Crippen LogP contribution in [0.2, 0.25) is 0 Å². The molecule has 1 aliphatic rings. The van der Waals surface area contributed by atoms with Crippen LogP contribution < -0.4 is 10.6 Å². The monoisotopic (exact) mass is 351 g/mol. The molecule has 1 heterocycles. The number of benzene rings is 2. The summed E-state index contributed by atoms with van der Waals surface area (Å²) in [5.74, 6) is 0.597. The molecule has 2 aromatic carbocycles. The summed E-state index contributed by atoms with van der Waals surface area (Å²) in [6, 6.07) is 21.0. The average Bonchev–Trinajstić information content (AvgIpc) is 2.65. The molecule has 4 nitrogen and oxygen atoms in total. The minimum atomic E-state index is 0.121. The second kappa shape index (κ2) is 9.51. The predicted molar refractivity (Wildman–Crippen MR) is 106 cm³/mol. The summed E-state index contributed by atoms with van der Waals surface area (Å²) >= 11 is 0. The molecule has 26 heavy (non-hydrogen) atoms. The molecule has 0 saturated carbocycles. The molecule has 138 valence electrons. The Morgan fingerprint density at radius 1 is 1.04 bits per heavy atom. The molecule has 1 fully saturated rings. The van der Waals surface area contributed by atoms with Crippen molar-refractivity contribution < 1.29 is 4.79 Å². The maximum Gasteiger partial charge on any atom is 0.234 e. The van der Waals surface area contributed by atoms with E-state index in [1.54, 1.807) is 0 Å². The number of carbonyl (C=O) groups is 1. The van der Waals surface area contributed by atoms with E-state index in [9.17, 15) is 4.79 Å². The van der Waals surface area contributed by atoms with E-state index < -0.39 is 0 Å². The maximum atomic E-state index is 12.7. The van der Waals surface area contributed by atoms with Crippen molar-refractivity contribution >= 4 is 5.91 Å². The maximum absolute atomic E-state index is 12.7. The lowest BCUT2D eigenvalue weighted by Crippen LogP contribution is -2.50. The lowest BCUT2D eigenvalue weighted by atomic mass is 9.95. The minimum absolute atomic E-state index is 0.121. The number of carbonyl (C=O) groups excluding carboxylic acids is 1. The Morgan fingerprint density at radius 2 is 1.62 bits per heavy atom. The van der Waals surface area contributed by atoms with E-state index in [-0.39, 0.29) is 11.9 Å². The molecular weight excluding hydrogens is 322 g/mol. The molecule has 3 rings (SSSR count). The van der Waals surface area contributed by atoms with Crippen molar-refractivity contribution in [3.05, 3.63) is 71.8 Å². The lowest BCUT2D eigenvalue weighted by molar-refractivity contribution is -0.123. The molecule has 1 amide bonds. The Labute approximate surface area is 156 Å². The smallest absolute Gasteiger partial charge is 0.234 e. The fraction of sp³-hybridized carbons (Fsp3) is 0.409. The Hall–Kier alpha value is -2.17. The van der Waals surface area contributed by atoms with Crippen molar-refractivity contribution in [3.8, 4) is 0 Å². The number of piperidine rings is 1. The lowest BCUT2D eigenvalue weighted by Gasteiger charge is -2.31. The van der Waals surface area contributed by atoms with Crippen molar-refractivity contribution in [1.82, 2.24) is 15.5 Å². The van der Waals surface area contributed by atoms with Gasteiger partial charge in [-0.25, -0.2) is 0 Å². The fourth-order valence-electron chi connectivity index (χ4n) is 3.53. The molecule has 1 aliphatic heterocycles. The number of hydrogen-bond acceptors (Lipinski definition) is 3. The van der Waals surface area contributed by atoms with E-state index in [1.807, 2.05) is 36.4 Å². The van der Waals surface area contributed by atoms with Gasteiger partial charge in [0.05, 0.1) is 6.54 Å². The molecule has 0 spiro atoms. The predicted octanol–water partition coefficient (Wildman–Crippen LogP) is 2.80. The Balaban J connectivity index is 1.63. The summed E-state index contributed by atoms with van der Waals surface area (Å²) in [7, 11) is 0. The summed E-state index contributed by atoms with van der Waals surface area (Å²) in [4.78, 5) is 14.9. The van der Waals surface area contributed by atoms with Gasteiger partial charge in [-0.1, -0.05) is 67.6 Å². The molecule has 1 saturated heterocycles. The van der Waals surface area contributed by atoms with E-state index in [4.69, 9.17) is 0 Å². The van der Waals surface area contributed by atoms with Crippen LogP contribution in [0.15, 0.2) is 60.7 Å². The van der Waals surface area contributed by atoms with Crippen LogP contribution in [0.3, 0.4) is 0 Å². The highest BCUT2D eigenvalue weighted by atomic mass is 16.2. The zero-order valence-corrected chi connectivity index (χ0v) is 15.5. The Bertz CT molecular complexity index is 633. The van der Waals surface area contributed by atoms with Gasteiger partial charge in [-0.05, 0) is 36.6 Å². The van der Waals surface area contributed by atoms with Gasteiger partial charge in [0.1, 0.15) is 0 Å². The standard InChI is InChI=1S/C22H29N3O/c1-18-14-23-13-12-21(18)24-22(26)17-25(15-19-8-4-2-5-9-19)16-20-10-6-3-7-11-20/h2-11,18,21,23H,12-17H2,1H3,(H,24,26). The first kappa shape index (κ1) is 18.6. The van der Waals surface area contributed by atoms with Gasteiger partial charge < -0.3 is 10.6 Å². The van der Waals surface area contributed by atoms with Crippen molar-refractivity contribution in [2.75, 3.05) is 19.6 Å². The number of nitrogens with zero attached hydrogens (tertiary/aromatic N) is 1. The third-order valence-electron chi connectivity index (χ3n) is 5.00. The first-order valence-electron chi connectivity index (χ1n) is 9.51. The molecule has 2 atom stereocenters. The van der Waals surface area contributed by atoms with Gasteiger partial charge in [0.15, 0.2) is 0 Å². The van der Waals surface area contributed by atoms with Crippen LogP contribution in [0.5, 0.6) is 0 Å². The van der Waals surface area contributed by atoms with Crippen LogP contribution in [0.25, 0.3) is 0 Å². The molecular formula is C22H29N3O. The van der Waals surface area contributed by atoms with Gasteiger partial charge in [-0.2, -0.15) is 0 Å². The van der Waals surface area contributed by atoms with E-state index in [1.165, 1.54) is 11.1 Å². The van der Waals surface area contributed by atoms with Gasteiger partial charge >= 0.3 is 0 Å². The van der Waals surface area contributed by atoms with Gasteiger partial charge in [0.25, 0.3) is 0 Å². The summed E-state index contributed by atoms with van der Waals surface area (Å²) in [6.45, 7) is 6.11. The number of nitrogens with one attached hydrogen (secondary N) is 2. The Kier molecular flexibility index (Phi) is 6.81. The summed E-state index contributed by atoms with van der Waals surface area (Å²) in [6.07, 6.45) is 1.00. The van der Waals surface area contributed by atoms with Crippen LogP contribution in [0.1, 0.15) is 24.5 Å². The van der Waals surface area contributed by atoms with Crippen molar-refractivity contribution in [2.24, 2.45) is 5.92 Å². The number of amides is 1. The fourth-order valence-corrected chi connectivity index (χ4v) is 3.53. The van der Waals surface area contributed by atoms with Crippen LogP contribution in [-0.2, 0) is 17.9 Å². The van der Waals surface area contributed by atoms with Gasteiger partial charge in [-0.3, -0.25) is 9.69 Å². The second-order valence-electron chi connectivity index (χ2n) is 7.26. The van der Waals surface area contributed by atoms with Crippen LogP contribution in [0.4, 0.5) is 0 Å². The largest absolute Gasteiger partial charge is 0.352 e. The first-order valence-corrected chi connectivity index (χ1v) is 9.51. The highest BCUT2D eigenvalue weighted by molar-refractivity contribution is 5.78. The van der Waals surface area contributed by atoms with Crippen molar-refractivity contribution in [2.45, 2.75) is 32.5 Å². The average molecular weight is 351 g/mol. The molecule has 0 bridgehead atoms. The molecule has 0 aliphatic carbocycles. The summed E-state index contributed by atoms with van der Waals surface area (Å²) < 4.78 is 0.